The number of phosphoric ester groups is 1. The fourth-order valence-corrected chi connectivity index (χ4v) is 8.02. The van der Waals surface area contributed by atoms with E-state index in [4.69, 9.17) is 9.05 Å². The monoisotopic (exact) mass is 836 g/mol. The summed E-state index contributed by atoms with van der Waals surface area (Å²) in [5, 5.41) is 74.1. The predicted molar refractivity (Wildman–Crippen MR) is 224 cm³/mol. The van der Waals surface area contributed by atoms with Gasteiger partial charge in [0.15, 0.2) is 0 Å². The van der Waals surface area contributed by atoms with Crippen molar-refractivity contribution in [3.8, 4) is 0 Å². The van der Waals surface area contributed by atoms with Gasteiger partial charge in [0, 0.05) is 0 Å². The minimum atomic E-state index is -5.13. The summed E-state index contributed by atoms with van der Waals surface area (Å²) in [7, 11) is -5.13. The Morgan fingerprint density at radius 3 is 1.49 bits per heavy atom. The Morgan fingerprint density at radius 1 is 0.614 bits per heavy atom. The molecule has 0 aromatic rings. The summed E-state index contributed by atoms with van der Waals surface area (Å²) in [6.45, 7) is 3.67. The van der Waals surface area contributed by atoms with Gasteiger partial charge in [0.1, 0.15) is 36.6 Å². The van der Waals surface area contributed by atoms with Gasteiger partial charge in [0.05, 0.1) is 31.3 Å². The van der Waals surface area contributed by atoms with Gasteiger partial charge in [0.25, 0.3) is 0 Å². The van der Waals surface area contributed by atoms with Crippen molar-refractivity contribution in [3.63, 3.8) is 0 Å². The SMILES string of the molecule is CCCCCCCC/C=C/C(O)C(COP(=O)(O)OC1C(O)C(O)C(O)C(O)C1O)NC(=O)CC(O)CCCCCCC/C=C\CCCCCCCCCCCC. The highest BCUT2D eigenvalue weighted by Gasteiger charge is 2.51. The molecule has 8 unspecified atom stereocenters. The highest BCUT2D eigenvalue weighted by molar-refractivity contribution is 7.47. The number of carbonyl (C=O) groups is 1. The lowest BCUT2D eigenvalue weighted by Crippen LogP contribution is -2.64. The maximum absolute atomic E-state index is 12.9. The standard InChI is InChI=1S/C43H82NO12P/c1-3-5-7-9-11-13-14-15-16-17-18-19-20-21-22-23-24-26-28-30-34(45)32-37(47)44-35(36(46)31-29-27-25-12-10-8-6-4-2)33-55-57(53,54)56-43-41(51)39(49)38(48)40(50)42(43)52/h19-20,29,31,34-36,38-43,45-46,48-52H,3-18,21-28,30,32-33H2,1-2H3,(H,44,47)(H,53,54)/b20-19-,31-29+. The number of rotatable bonds is 36. The molecule has 1 aliphatic carbocycles. The van der Waals surface area contributed by atoms with Gasteiger partial charge >= 0.3 is 7.82 Å². The zero-order chi connectivity index (χ0) is 42.3. The number of unbranched alkanes of at least 4 members (excludes halogenated alkanes) is 21. The van der Waals surface area contributed by atoms with Crippen molar-refractivity contribution in [2.24, 2.45) is 0 Å². The molecule has 1 aliphatic rings. The fourth-order valence-electron chi connectivity index (χ4n) is 7.06. The summed E-state index contributed by atoms with van der Waals surface area (Å²) in [4.78, 5) is 23.3. The maximum Gasteiger partial charge on any atom is 0.472 e. The van der Waals surface area contributed by atoms with Crippen LogP contribution < -0.4 is 5.32 Å². The van der Waals surface area contributed by atoms with Crippen molar-refractivity contribution in [1.29, 1.82) is 0 Å². The summed E-state index contributed by atoms with van der Waals surface area (Å²) in [6.07, 6.45) is 21.6. The van der Waals surface area contributed by atoms with E-state index in [9.17, 15) is 50.0 Å². The van der Waals surface area contributed by atoms with E-state index >= 15 is 0 Å². The third kappa shape index (κ3) is 25.9. The van der Waals surface area contributed by atoms with Crippen LogP contribution in [0.4, 0.5) is 0 Å². The van der Waals surface area contributed by atoms with Gasteiger partial charge in [-0.15, -0.1) is 0 Å². The Morgan fingerprint density at radius 2 is 1.02 bits per heavy atom. The van der Waals surface area contributed by atoms with E-state index < -0.39 is 75.2 Å². The number of aliphatic hydroxyl groups is 7. The average Bonchev–Trinajstić information content (AvgIpc) is 3.18. The van der Waals surface area contributed by atoms with Crippen LogP contribution in [-0.2, 0) is 18.4 Å². The Bertz CT molecular complexity index is 1080. The van der Waals surface area contributed by atoms with Gasteiger partial charge in [-0.25, -0.2) is 4.57 Å². The molecule has 0 aliphatic heterocycles. The van der Waals surface area contributed by atoms with Crippen molar-refractivity contribution in [3.05, 3.63) is 24.3 Å². The van der Waals surface area contributed by atoms with Crippen molar-refractivity contribution >= 4 is 13.7 Å². The van der Waals surface area contributed by atoms with Crippen LogP contribution in [0.1, 0.15) is 181 Å². The van der Waals surface area contributed by atoms with E-state index in [0.29, 0.717) is 12.8 Å². The van der Waals surface area contributed by atoms with E-state index in [1.807, 2.05) is 0 Å². The molecular weight excluding hydrogens is 753 g/mol. The molecule has 1 amide bonds. The predicted octanol–water partition coefficient (Wildman–Crippen LogP) is 6.81. The van der Waals surface area contributed by atoms with Gasteiger partial charge in [0.2, 0.25) is 5.91 Å². The number of phosphoric acid groups is 1. The summed E-state index contributed by atoms with van der Waals surface area (Å²) < 4.78 is 22.7. The largest absolute Gasteiger partial charge is 0.472 e. The second-order valence-corrected chi connectivity index (χ2v) is 17.5. The molecule has 57 heavy (non-hydrogen) atoms. The highest BCUT2D eigenvalue weighted by atomic mass is 31.2. The van der Waals surface area contributed by atoms with Crippen LogP contribution >= 0.6 is 7.82 Å². The Labute approximate surface area is 344 Å². The van der Waals surface area contributed by atoms with Crippen LogP contribution in [0.2, 0.25) is 0 Å². The topological polar surface area (TPSA) is 226 Å². The third-order valence-corrected chi connectivity index (χ3v) is 11.8. The summed E-state index contributed by atoms with van der Waals surface area (Å²) in [5.41, 5.74) is 0. The van der Waals surface area contributed by atoms with Crippen LogP contribution in [0.25, 0.3) is 0 Å². The molecule has 1 fully saturated rings. The molecule has 0 aromatic heterocycles. The van der Waals surface area contributed by atoms with E-state index in [0.717, 1.165) is 77.0 Å². The van der Waals surface area contributed by atoms with Gasteiger partial charge in [-0.2, -0.15) is 0 Å². The molecule has 0 aromatic carbocycles. The number of allylic oxidation sites excluding steroid dienone is 3. The fraction of sp³-hybridized carbons (Fsp3) is 0.884. The molecule has 0 spiro atoms. The molecule has 1 saturated carbocycles. The Kier molecular flexibility index (Phi) is 31.6. The molecule has 8 atom stereocenters. The van der Waals surface area contributed by atoms with Crippen LogP contribution in [0.15, 0.2) is 24.3 Å². The summed E-state index contributed by atoms with van der Waals surface area (Å²) >= 11 is 0. The lowest BCUT2D eigenvalue weighted by atomic mass is 9.85. The van der Waals surface area contributed by atoms with E-state index in [1.165, 1.54) is 76.7 Å². The van der Waals surface area contributed by atoms with E-state index in [1.54, 1.807) is 6.08 Å². The third-order valence-electron chi connectivity index (χ3n) is 10.8. The molecule has 0 heterocycles. The molecule has 9 N–H and O–H groups in total. The number of amides is 1. The quantitative estimate of drug-likeness (QED) is 0.0180. The van der Waals surface area contributed by atoms with Gasteiger partial charge in [-0.05, 0) is 44.9 Å². The van der Waals surface area contributed by atoms with Gasteiger partial charge in [-0.3, -0.25) is 13.8 Å². The number of aliphatic hydroxyl groups excluding tert-OH is 7. The Balaban J connectivity index is 2.46. The first kappa shape index (κ1) is 53.8. The molecular formula is C43H82NO12P. The second-order valence-electron chi connectivity index (χ2n) is 16.1. The van der Waals surface area contributed by atoms with Crippen molar-refractivity contribution in [1.82, 2.24) is 5.32 Å². The number of hydrogen-bond acceptors (Lipinski definition) is 11. The van der Waals surface area contributed by atoms with Crippen molar-refractivity contribution in [2.45, 2.75) is 236 Å². The van der Waals surface area contributed by atoms with Crippen molar-refractivity contribution < 1.29 is 59.0 Å². The lowest BCUT2D eigenvalue weighted by molar-refractivity contribution is -0.220. The van der Waals surface area contributed by atoms with Crippen LogP contribution in [-0.4, -0.2) is 108 Å². The maximum atomic E-state index is 12.9. The number of nitrogens with one attached hydrogen (secondary N) is 1. The van der Waals surface area contributed by atoms with E-state index in [2.05, 4.69) is 31.3 Å². The molecule has 1 rings (SSSR count). The van der Waals surface area contributed by atoms with Crippen LogP contribution in [0, 0.1) is 0 Å². The smallest absolute Gasteiger partial charge is 0.393 e. The van der Waals surface area contributed by atoms with E-state index in [-0.39, 0.29) is 6.42 Å². The molecule has 13 nitrogen and oxygen atoms in total. The van der Waals surface area contributed by atoms with Gasteiger partial charge < -0.3 is 46.0 Å². The molecule has 0 bridgehead atoms. The zero-order valence-electron chi connectivity index (χ0n) is 35.3. The highest BCUT2D eigenvalue weighted by Crippen LogP contribution is 2.47. The zero-order valence-corrected chi connectivity index (χ0v) is 36.1. The molecule has 0 radical (unpaired) electrons. The normalized spacial score (nSPS) is 24.2. The first-order chi connectivity index (χ1) is 27.3. The first-order valence-electron chi connectivity index (χ1n) is 22.4. The molecule has 14 heteroatoms. The van der Waals surface area contributed by atoms with Crippen LogP contribution in [0.5, 0.6) is 0 Å². The first-order valence-corrected chi connectivity index (χ1v) is 23.9. The lowest BCUT2D eigenvalue weighted by Gasteiger charge is -2.41. The average molecular weight is 836 g/mol. The molecule has 0 saturated heterocycles. The number of hydrogen-bond donors (Lipinski definition) is 9. The number of carbonyl (C=O) groups excluding carboxylic acids is 1. The van der Waals surface area contributed by atoms with Gasteiger partial charge in [-0.1, -0.05) is 154 Å². The summed E-state index contributed by atoms with van der Waals surface area (Å²) in [5.74, 6) is -0.601. The second kappa shape index (κ2) is 33.5. The Hall–Kier alpha value is -1.22. The minimum Gasteiger partial charge on any atom is -0.393 e. The molecule has 336 valence electrons. The van der Waals surface area contributed by atoms with Crippen molar-refractivity contribution in [2.75, 3.05) is 6.61 Å². The summed E-state index contributed by atoms with van der Waals surface area (Å²) in [6, 6.07) is -1.24. The van der Waals surface area contributed by atoms with Crippen LogP contribution in [0.3, 0.4) is 0 Å². The minimum absolute atomic E-state index is 0.250.